The van der Waals surface area contributed by atoms with Crippen LogP contribution in [0.1, 0.15) is 23.7 Å². The summed E-state index contributed by atoms with van der Waals surface area (Å²) in [7, 11) is 0. The van der Waals surface area contributed by atoms with E-state index in [1.807, 2.05) is 53.2 Å². The van der Waals surface area contributed by atoms with E-state index < -0.39 is 0 Å². The largest absolute Gasteiger partial charge is 0.356 e. The van der Waals surface area contributed by atoms with E-state index in [1.165, 1.54) is 0 Å². The molecule has 3 aromatic rings. The van der Waals surface area contributed by atoms with Gasteiger partial charge in [-0.25, -0.2) is 0 Å². The molecule has 1 aliphatic heterocycles. The van der Waals surface area contributed by atoms with E-state index in [1.54, 1.807) is 0 Å². The number of aryl methyl sites for hydroxylation is 1. The number of amides is 1. The van der Waals surface area contributed by atoms with Gasteiger partial charge in [-0.3, -0.25) is 9.48 Å². The lowest BCUT2D eigenvalue weighted by Crippen LogP contribution is -2.30. The molecule has 0 bridgehead atoms. The number of fused-ring (bicyclic) bond motifs is 1. The van der Waals surface area contributed by atoms with Crippen LogP contribution in [0.2, 0.25) is 0 Å². The molecule has 1 amide bonds. The molecule has 0 radical (unpaired) electrons. The minimum atomic E-state index is 0.0930. The molecule has 2 aromatic heterocycles. The van der Waals surface area contributed by atoms with Gasteiger partial charge in [0.1, 0.15) is 5.69 Å². The number of carbonyl (C=O) groups is 1. The van der Waals surface area contributed by atoms with Gasteiger partial charge < -0.3 is 9.42 Å². The van der Waals surface area contributed by atoms with E-state index in [0.717, 1.165) is 29.5 Å². The minimum Gasteiger partial charge on any atom is -0.356 e. The molecule has 4 rings (SSSR count). The van der Waals surface area contributed by atoms with E-state index >= 15 is 0 Å². The summed E-state index contributed by atoms with van der Waals surface area (Å²) in [5.41, 5.74) is 2.58. The average molecular weight is 310 g/mol. The molecule has 23 heavy (non-hydrogen) atoms. The lowest BCUT2D eigenvalue weighted by Gasteiger charge is -2.16. The fraction of sp³-hybridized carbons (Fsp3) is 0.353. The highest BCUT2D eigenvalue weighted by Gasteiger charge is 2.28. The Bertz CT molecular complexity index is 851. The van der Waals surface area contributed by atoms with Crippen LogP contribution >= 0.6 is 0 Å². The first-order valence-electron chi connectivity index (χ1n) is 7.82. The van der Waals surface area contributed by atoms with Crippen molar-refractivity contribution >= 4 is 16.9 Å². The van der Waals surface area contributed by atoms with Crippen LogP contribution in [-0.2, 0) is 11.2 Å². The van der Waals surface area contributed by atoms with E-state index in [2.05, 4.69) is 10.3 Å². The number of nitrogens with zero attached hydrogens (tertiary/aromatic N) is 4. The van der Waals surface area contributed by atoms with E-state index in [-0.39, 0.29) is 18.4 Å². The SMILES string of the molecule is Cc1cnn(C2CCN(C(=O)Cc3noc4ccccc34)C2)c1. The second-order valence-electron chi connectivity index (χ2n) is 6.08. The molecule has 6 nitrogen and oxygen atoms in total. The van der Waals surface area contributed by atoms with Crippen LogP contribution in [0.15, 0.2) is 41.2 Å². The van der Waals surface area contributed by atoms with Crippen molar-refractivity contribution in [2.75, 3.05) is 13.1 Å². The highest BCUT2D eigenvalue weighted by molar-refractivity contribution is 5.86. The molecule has 1 atom stereocenters. The van der Waals surface area contributed by atoms with E-state index in [4.69, 9.17) is 4.52 Å². The number of hydrogen-bond acceptors (Lipinski definition) is 4. The Kier molecular flexibility index (Phi) is 3.37. The van der Waals surface area contributed by atoms with Gasteiger partial charge in [-0.15, -0.1) is 0 Å². The summed E-state index contributed by atoms with van der Waals surface area (Å²) < 4.78 is 7.24. The molecule has 1 saturated heterocycles. The maximum absolute atomic E-state index is 12.6. The van der Waals surface area contributed by atoms with E-state index in [9.17, 15) is 4.79 Å². The number of para-hydroxylation sites is 1. The highest BCUT2D eigenvalue weighted by Crippen LogP contribution is 2.23. The Morgan fingerprint density at radius 2 is 2.26 bits per heavy atom. The summed E-state index contributed by atoms with van der Waals surface area (Å²) in [6.45, 7) is 3.49. The second-order valence-corrected chi connectivity index (χ2v) is 6.08. The molecule has 0 aliphatic carbocycles. The standard InChI is InChI=1S/C17H18N4O2/c1-12-9-18-21(10-12)13-6-7-20(11-13)17(22)8-15-14-4-2-3-5-16(14)23-19-15/h2-5,9-10,13H,6-8,11H2,1H3. The molecule has 1 aliphatic rings. The lowest BCUT2D eigenvalue weighted by molar-refractivity contribution is -0.129. The molecule has 3 heterocycles. The van der Waals surface area contributed by atoms with Gasteiger partial charge in [0.05, 0.1) is 18.7 Å². The number of likely N-dealkylation sites (tertiary alicyclic amines) is 1. The number of aromatic nitrogens is 3. The summed E-state index contributed by atoms with van der Waals surface area (Å²) in [4.78, 5) is 14.4. The van der Waals surface area contributed by atoms with Gasteiger partial charge in [0, 0.05) is 24.7 Å². The predicted molar refractivity (Wildman–Crippen MR) is 84.9 cm³/mol. The monoisotopic (exact) mass is 310 g/mol. The molecular formula is C17H18N4O2. The van der Waals surface area contributed by atoms with Crippen LogP contribution in [-0.4, -0.2) is 38.8 Å². The average Bonchev–Trinajstić information content (AvgIpc) is 3.27. The molecule has 6 heteroatoms. The van der Waals surface area contributed by atoms with Gasteiger partial charge >= 0.3 is 0 Å². The number of rotatable bonds is 3. The van der Waals surface area contributed by atoms with Crippen molar-refractivity contribution < 1.29 is 9.32 Å². The number of benzene rings is 1. The van der Waals surface area contributed by atoms with Gasteiger partial charge in [0.25, 0.3) is 0 Å². The van der Waals surface area contributed by atoms with Gasteiger partial charge in [0.15, 0.2) is 5.58 Å². The van der Waals surface area contributed by atoms with Crippen molar-refractivity contribution in [1.29, 1.82) is 0 Å². The first-order valence-corrected chi connectivity index (χ1v) is 7.82. The summed E-state index contributed by atoms with van der Waals surface area (Å²) >= 11 is 0. The van der Waals surface area contributed by atoms with Crippen molar-refractivity contribution in [1.82, 2.24) is 19.8 Å². The third-order valence-corrected chi connectivity index (χ3v) is 4.39. The Hall–Kier alpha value is -2.63. The summed E-state index contributed by atoms with van der Waals surface area (Å²) in [6.07, 6.45) is 5.10. The van der Waals surface area contributed by atoms with Crippen LogP contribution in [0.4, 0.5) is 0 Å². The first kappa shape index (κ1) is 14.0. The van der Waals surface area contributed by atoms with Crippen LogP contribution in [0.3, 0.4) is 0 Å². The molecular weight excluding hydrogens is 292 g/mol. The molecule has 0 N–H and O–H groups in total. The maximum atomic E-state index is 12.6. The summed E-state index contributed by atoms with van der Waals surface area (Å²) in [5, 5.41) is 9.32. The molecule has 1 unspecified atom stereocenters. The fourth-order valence-electron chi connectivity index (χ4n) is 3.14. The molecule has 0 saturated carbocycles. The molecule has 0 spiro atoms. The third-order valence-electron chi connectivity index (χ3n) is 4.39. The van der Waals surface area contributed by atoms with Crippen molar-refractivity contribution in [3.8, 4) is 0 Å². The van der Waals surface area contributed by atoms with Crippen LogP contribution < -0.4 is 0 Å². The zero-order valence-corrected chi connectivity index (χ0v) is 13.0. The van der Waals surface area contributed by atoms with Gasteiger partial charge in [-0.1, -0.05) is 17.3 Å². The van der Waals surface area contributed by atoms with Crippen LogP contribution in [0.5, 0.6) is 0 Å². The summed E-state index contributed by atoms with van der Waals surface area (Å²) in [6, 6.07) is 7.90. The first-order chi connectivity index (χ1) is 11.2. The minimum absolute atomic E-state index is 0.0930. The second kappa shape index (κ2) is 5.53. The van der Waals surface area contributed by atoms with Crippen molar-refractivity contribution in [2.24, 2.45) is 0 Å². The Balaban J connectivity index is 1.46. The zero-order chi connectivity index (χ0) is 15.8. The van der Waals surface area contributed by atoms with Crippen LogP contribution in [0, 0.1) is 6.92 Å². The predicted octanol–water partition coefficient (Wildman–Crippen LogP) is 2.35. The Morgan fingerprint density at radius 1 is 1.39 bits per heavy atom. The van der Waals surface area contributed by atoms with Gasteiger partial charge in [-0.05, 0) is 31.0 Å². The highest BCUT2D eigenvalue weighted by atomic mass is 16.5. The quantitative estimate of drug-likeness (QED) is 0.745. The van der Waals surface area contributed by atoms with Gasteiger partial charge in [0.2, 0.25) is 5.91 Å². The molecule has 118 valence electrons. The smallest absolute Gasteiger partial charge is 0.228 e. The lowest BCUT2D eigenvalue weighted by atomic mass is 10.1. The summed E-state index contributed by atoms with van der Waals surface area (Å²) in [5.74, 6) is 0.0930. The van der Waals surface area contributed by atoms with Crippen molar-refractivity contribution in [3.05, 3.63) is 47.9 Å². The van der Waals surface area contributed by atoms with Gasteiger partial charge in [-0.2, -0.15) is 5.10 Å². The Labute approximate surface area is 133 Å². The van der Waals surface area contributed by atoms with Crippen molar-refractivity contribution in [3.63, 3.8) is 0 Å². The topological polar surface area (TPSA) is 64.2 Å². The maximum Gasteiger partial charge on any atom is 0.228 e. The molecule has 1 aromatic carbocycles. The fourth-order valence-corrected chi connectivity index (χ4v) is 3.14. The van der Waals surface area contributed by atoms with Crippen molar-refractivity contribution in [2.45, 2.75) is 25.8 Å². The van der Waals surface area contributed by atoms with E-state index in [0.29, 0.717) is 12.2 Å². The van der Waals surface area contributed by atoms with Crippen LogP contribution in [0.25, 0.3) is 11.0 Å². The normalized spacial score (nSPS) is 18.0. The number of hydrogen-bond donors (Lipinski definition) is 0. The molecule has 1 fully saturated rings. The number of carbonyl (C=O) groups excluding carboxylic acids is 1. The Morgan fingerprint density at radius 3 is 3.09 bits per heavy atom. The zero-order valence-electron chi connectivity index (χ0n) is 13.0. The third kappa shape index (κ3) is 2.60.